The molecule has 47 heavy (non-hydrogen) atoms. The molecule has 0 unspecified atom stereocenters. The molecule has 0 aliphatic carbocycles. The second-order valence-corrected chi connectivity index (χ2v) is 14.0. The van der Waals surface area contributed by atoms with E-state index in [4.69, 9.17) is 0 Å². The van der Waals surface area contributed by atoms with Crippen molar-refractivity contribution in [3.8, 4) is 0 Å². The highest BCUT2D eigenvalue weighted by molar-refractivity contribution is 4.55. The van der Waals surface area contributed by atoms with E-state index in [1.54, 1.807) is 0 Å². The number of nitrogens with zero attached hydrogens (tertiary/aromatic N) is 12. The minimum atomic E-state index is 0. The standard InChI is InChI=1S/2C9H24N4.C6H17N3.C5H14N2.C2H7N.2CH4/c1-10(2)7-12(5)9-13(6)8-11(3)4;1-10(2)7-13(8-11(3)4)9-12(5)6;1-7-6(8(2)3)9(4)5;1-6(2)5-7(3)4;1-3-2;;/h2*7-9H2,1-6H3;6-7H,1-5H3;5H2,1-4H3;3H,1-2H3;2*1H4. The van der Waals surface area contributed by atoms with Crippen molar-refractivity contribution in [2.24, 2.45) is 0 Å². The molecule has 0 aromatic carbocycles. The van der Waals surface area contributed by atoms with Gasteiger partial charge in [0, 0.05) is 6.67 Å². The molecule has 2 N–H and O–H groups in total. The summed E-state index contributed by atoms with van der Waals surface area (Å²) in [7, 11) is 47.3. The minimum Gasteiger partial charge on any atom is -0.323 e. The first-order valence-corrected chi connectivity index (χ1v) is 15.7. The summed E-state index contributed by atoms with van der Waals surface area (Å²) in [4.78, 5) is 26.3. The Bertz CT molecular complexity index is 508. The smallest absolute Gasteiger partial charge is 0.115 e. The molecule has 296 valence electrons. The van der Waals surface area contributed by atoms with Crippen LogP contribution in [0.2, 0.25) is 0 Å². The molecule has 14 heteroatoms. The van der Waals surface area contributed by atoms with Crippen molar-refractivity contribution >= 4 is 0 Å². The molecule has 0 aliphatic rings. The van der Waals surface area contributed by atoms with E-state index in [0.717, 1.165) is 46.7 Å². The third-order valence-electron chi connectivity index (χ3n) is 4.78. The lowest BCUT2D eigenvalue weighted by Crippen LogP contribution is -2.49. The van der Waals surface area contributed by atoms with Crippen molar-refractivity contribution in [2.45, 2.75) is 21.1 Å². The molecule has 0 saturated carbocycles. The highest BCUT2D eigenvalue weighted by atomic mass is 15.4. The van der Waals surface area contributed by atoms with E-state index in [0.29, 0.717) is 6.29 Å². The van der Waals surface area contributed by atoms with Crippen molar-refractivity contribution in [1.82, 2.24) is 69.4 Å². The molecular weight excluding hydrogens is 592 g/mol. The zero-order valence-electron chi connectivity index (χ0n) is 34.9. The van der Waals surface area contributed by atoms with E-state index < -0.39 is 0 Å². The molecule has 0 aromatic heterocycles. The van der Waals surface area contributed by atoms with E-state index in [9.17, 15) is 0 Å². The summed E-state index contributed by atoms with van der Waals surface area (Å²) >= 11 is 0. The number of hydrogen-bond donors (Lipinski definition) is 2. The third kappa shape index (κ3) is 61.2. The average Bonchev–Trinajstić information content (AvgIpc) is 2.77. The normalized spacial score (nSPS) is 11.2. The Labute approximate surface area is 299 Å². The van der Waals surface area contributed by atoms with Crippen molar-refractivity contribution in [2.75, 3.05) is 209 Å². The third-order valence-corrected chi connectivity index (χ3v) is 4.78. The summed E-state index contributed by atoms with van der Waals surface area (Å²) in [6.07, 6.45) is 0.338. The molecule has 0 fully saturated rings. The van der Waals surface area contributed by atoms with Crippen LogP contribution in [0.25, 0.3) is 0 Å². The Hall–Kier alpha value is -0.560. The lowest BCUT2D eigenvalue weighted by molar-refractivity contribution is 0.0743. The van der Waals surface area contributed by atoms with Gasteiger partial charge >= 0.3 is 0 Å². The van der Waals surface area contributed by atoms with Crippen LogP contribution in [0.1, 0.15) is 14.9 Å². The van der Waals surface area contributed by atoms with Gasteiger partial charge in [0.1, 0.15) is 6.29 Å². The zero-order chi connectivity index (χ0) is 36.9. The molecule has 0 heterocycles. The van der Waals surface area contributed by atoms with E-state index in [1.807, 2.05) is 49.3 Å². The fourth-order valence-corrected chi connectivity index (χ4v) is 4.35. The van der Waals surface area contributed by atoms with Crippen LogP contribution in [-0.2, 0) is 0 Å². The van der Waals surface area contributed by atoms with Crippen LogP contribution < -0.4 is 10.6 Å². The number of hydrogen-bond acceptors (Lipinski definition) is 14. The van der Waals surface area contributed by atoms with Crippen molar-refractivity contribution in [3.63, 3.8) is 0 Å². The highest BCUT2D eigenvalue weighted by Gasteiger charge is 2.09. The summed E-state index contributed by atoms with van der Waals surface area (Å²) in [5.74, 6) is 0. The van der Waals surface area contributed by atoms with Gasteiger partial charge in [-0.15, -0.1) is 0 Å². The molecule has 0 spiro atoms. The fourth-order valence-electron chi connectivity index (χ4n) is 4.35. The number of rotatable bonds is 17. The molecule has 0 saturated heterocycles. The first-order chi connectivity index (χ1) is 20.5. The van der Waals surface area contributed by atoms with E-state index >= 15 is 0 Å². The van der Waals surface area contributed by atoms with Gasteiger partial charge in [-0.2, -0.15) is 0 Å². The van der Waals surface area contributed by atoms with E-state index in [-0.39, 0.29) is 14.9 Å². The summed E-state index contributed by atoms with van der Waals surface area (Å²) in [5.41, 5.74) is 0. The zero-order valence-corrected chi connectivity index (χ0v) is 34.9. The summed E-state index contributed by atoms with van der Waals surface area (Å²) in [6, 6.07) is 0. The Morgan fingerprint density at radius 3 is 0.660 bits per heavy atom. The maximum atomic E-state index is 3.15. The van der Waals surface area contributed by atoms with Gasteiger partial charge in [-0.1, -0.05) is 14.9 Å². The fraction of sp³-hybridized carbons (Fsp3) is 1.00. The van der Waals surface area contributed by atoms with Crippen LogP contribution in [0.5, 0.6) is 0 Å². The Morgan fingerprint density at radius 2 is 0.553 bits per heavy atom. The lowest BCUT2D eigenvalue weighted by Gasteiger charge is -2.30. The largest absolute Gasteiger partial charge is 0.323 e. The van der Waals surface area contributed by atoms with Gasteiger partial charge in [-0.3, -0.25) is 64.1 Å². The van der Waals surface area contributed by atoms with Crippen LogP contribution >= 0.6 is 0 Å². The second-order valence-electron chi connectivity index (χ2n) is 14.0. The quantitative estimate of drug-likeness (QED) is 0.209. The lowest BCUT2D eigenvalue weighted by atomic mass is 10.6. The Kier molecular flexibility index (Phi) is 52.3. The van der Waals surface area contributed by atoms with Gasteiger partial charge < -0.3 is 5.32 Å². The second kappa shape index (κ2) is 39.9. The van der Waals surface area contributed by atoms with Gasteiger partial charge in [-0.05, 0) is 162 Å². The van der Waals surface area contributed by atoms with Crippen LogP contribution in [0.3, 0.4) is 0 Å². The molecule has 0 rings (SSSR count). The van der Waals surface area contributed by atoms with Crippen LogP contribution in [-0.4, -0.2) is 274 Å². The maximum Gasteiger partial charge on any atom is 0.115 e. The Morgan fingerprint density at radius 1 is 0.340 bits per heavy atom. The molecule has 0 aliphatic heterocycles. The van der Waals surface area contributed by atoms with Gasteiger partial charge in [0.05, 0.1) is 40.0 Å². The SMILES string of the molecule is C.C.CN(C)CN(C)C.CN(C)CN(C)CN(C)CN(C)C.CN(C)CN(CN(C)C)CN(C)C.CNC.CNC(N(C)C)N(C)C. The predicted molar refractivity (Wildman–Crippen MR) is 216 cm³/mol. The van der Waals surface area contributed by atoms with Crippen molar-refractivity contribution in [3.05, 3.63) is 0 Å². The summed E-state index contributed by atoms with van der Waals surface area (Å²) in [5, 5.41) is 5.90. The molecule has 0 radical (unpaired) electrons. The van der Waals surface area contributed by atoms with Gasteiger partial charge in [-0.25, -0.2) is 0 Å². The summed E-state index contributed by atoms with van der Waals surface area (Å²) in [6.45, 7) is 7.01. The molecule has 14 nitrogen and oxygen atoms in total. The number of nitrogens with one attached hydrogen (secondary N) is 2. The van der Waals surface area contributed by atoms with E-state index in [2.05, 4.69) is 182 Å². The van der Waals surface area contributed by atoms with Crippen LogP contribution in [0, 0.1) is 0 Å². The van der Waals surface area contributed by atoms with E-state index in [1.165, 1.54) is 0 Å². The molecular formula is C33H94N14. The van der Waals surface area contributed by atoms with Crippen LogP contribution in [0.4, 0.5) is 0 Å². The summed E-state index contributed by atoms with van der Waals surface area (Å²) < 4.78 is 0. The monoisotopic (exact) mass is 687 g/mol. The van der Waals surface area contributed by atoms with Crippen LogP contribution in [0.15, 0.2) is 0 Å². The first-order valence-electron chi connectivity index (χ1n) is 15.7. The molecule has 0 bridgehead atoms. The highest BCUT2D eigenvalue weighted by Crippen LogP contribution is 1.93. The first kappa shape index (κ1) is 61.6. The average molecular weight is 687 g/mol. The predicted octanol–water partition coefficient (Wildman–Crippen LogP) is 0.479. The molecule has 0 aromatic rings. The van der Waals surface area contributed by atoms with Gasteiger partial charge in [0.25, 0.3) is 0 Å². The Balaban J connectivity index is -0.0000000889. The van der Waals surface area contributed by atoms with Gasteiger partial charge in [0.15, 0.2) is 0 Å². The molecule has 0 atom stereocenters. The maximum absolute atomic E-state index is 3.15. The molecule has 0 amide bonds. The van der Waals surface area contributed by atoms with Crippen molar-refractivity contribution < 1.29 is 0 Å². The minimum absolute atomic E-state index is 0. The topological polar surface area (TPSA) is 62.9 Å². The van der Waals surface area contributed by atoms with Gasteiger partial charge in [0.2, 0.25) is 0 Å². The van der Waals surface area contributed by atoms with Crippen molar-refractivity contribution in [1.29, 1.82) is 0 Å².